The first kappa shape index (κ1) is 15.6. The lowest BCUT2D eigenvalue weighted by atomic mass is 10.2. The van der Waals surface area contributed by atoms with Crippen molar-refractivity contribution in [1.29, 1.82) is 0 Å². The minimum Gasteiger partial charge on any atom is -0.478 e. The van der Waals surface area contributed by atoms with Gasteiger partial charge in [-0.25, -0.2) is 13.2 Å². The molecule has 0 saturated carbocycles. The standard InChI is InChI=1S/C14H11NO6S/c16-14(17)11-3-7-13(8-4-11)22(20,21)9-10-1-5-12(6-2-10)15(18)19/h1-8H,9H2,(H,16,17). The summed E-state index contributed by atoms with van der Waals surface area (Å²) in [6, 6.07) is 10.1. The third kappa shape index (κ3) is 3.47. The molecule has 0 heterocycles. The highest BCUT2D eigenvalue weighted by Crippen LogP contribution is 2.19. The first-order valence-corrected chi connectivity index (χ1v) is 7.74. The number of carboxylic acid groups (broad SMARTS) is 1. The van der Waals surface area contributed by atoms with Crippen LogP contribution in [0, 0.1) is 10.1 Å². The van der Waals surface area contributed by atoms with Crippen LogP contribution >= 0.6 is 0 Å². The van der Waals surface area contributed by atoms with Crippen molar-refractivity contribution in [2.24, 2.45) is 0 Å². The molecule has 0 spiro atoms. The van der Waals surface area contributed by atoms with E-state index in [0.29, 0.717) is 5.56 Å². The number of nitrogens with zero attached hydrogens (tertiary/aromatic N) is 1. The predicted octanol–water partition coefficient (Wildman–Crippen LogP) is 2.27. The van der Waals surface area contributed by atoms with Crippen molar-refractivity contribution < 1.29 is 23.2 Å². The second-order valence-corrected chi connectivity index (χ2v) is 6.50. The van der Waals surface area contributed by atoms with Crippen molar-refractivity contribution in [3.05, 3.63) is 69.8 Å². The van der Waals surface area contributed by atoms with Gasteiger partial charge >= 0.3 is 5.97 Å². The quantitative estimate of drug-likeness (QED) is 0.667. The number of nitro benzene ring substituents is 1. The van der Waals surface area contributed by atoms with E-state index in [0.717, 1.165) is 0 Å². The smallest absolute Gasteiger partial charge is 0.335 e. The highest BCUT2D eigenvalue weighted by atomic mass is 32.2. The van der Waals surface area contributed by atoms with Gasteiger partial charge < -0.3 is 5.11 Å². The molecule has 0 aliphatic rings. The van der Waals surface area contributed by atoms with Gasteiger partial charge in [0, 0.05) is 12.1 Å². The molecule has 0 saturated heterocycles. The van der Waals surface area contributed by atoms with Crippen LogP contribution in [0.15, 0.2) is 53.4 Å². The van der Waals surface area contributed by atoms with Gasteiger partial charge in [-0.15, -0.1) is 0 Å². The van der Waals surface area contributed by atoms with Gasteiger partial charge in [-0.3, -0.25) is 10.1 Å². The minimum absolute atomic E-state index is 0.00384. The van der Waals surface area contributed by atoms with Crippen molar-refractivity contribution >= 4 is 21.5 Å². The molecule has 2 aromatic rings. The van der Waals surface area contributed by atoms with Crippen LogP contribution in [0.2, 0.25) is 0 Å². The molecule has 114 valence electrons. The number of carboxylic acids is 1. The molecule has 0 unspecified atom stereocenters. The summed E-state index contributed by atoms with van der Waals surface area (Å²) in [6.07, 6.45) is 0. The Morgan fingerprint density at radius 3 is 2.05 bits per heavy atom. The number of hydrogen-bond acceptors (Lipinski definition) is 5. The molecule has 0 fully saturated rings. The molecule has 2 rings (SSSR count). The number of carbonyl (C=O) groups is 1. The number of aromatic carboxylic acids is 1. The summed E-state index contributed by atoms with van der Waals surface area (Å²) in [5, 5.41) is 19.3. The largest absolute Gasteiger partial charge is 0.478 e. The van der Waals surface area contributed by atoms with Crippen LogP contribution in [-0.2, 0) is 15.6 Å². The van der Waals surface area contributed by atoms with E-state index in [1.54, 1.807) is 0 Å². The lowest BCUT2D eigenvalue weighted by Crippen LogP contribution is -2.06. The number of hydrogen-bond donors (Lipinski definition) is 1. The Bertz CT molecular complexity index is 809. The van der Waals surface area contributed by atoms with Crippen LogP contribution in [0.3, 0.4) is 0 Å². The zero-order chi connectivity index (χ0) is 16.3. The molecule has 0 aliphatic heterocycles. The van der Waals surface area contributed by atoms with Gasteiger partial charge in [-0.2, -0.15) is 0 Å². The van der Waals surface area contributed by atoms with Crippen molar-refractivity contribution in [1.82, 2.24) is 0 Å². The normalized spacial score (nSPS) is 11.1. The Hall–Kier alpha value is -2.74. The molecule has 8 heteroatoms. The summed E-state index contributed by atoms with van der Waals surface area (Å²) in [7, 11) is -3.65. The van der Waals surface area contributed by atoms with Crippen molar-refractivity contribution in [2.45, 2.75) is 10.6 Å². The summed E-state index contributed by atoms with van der Waals surface area (Å²) in [4.78, 5) is 20.7. The van der Waals surface area contributed by atoms with Crippen LogP contribution in [0.4, 0.5) is 5.69 Å². The molecule has 0 aliphatic carbocycles. The average Bonchev–Trinajstić information content (AvgIpc) is 2.47. The summed E-state index contributed by atoms with van der Waals surface area (Å²) in [5.41, 5.74) is 0.286. The SMILES string of the molecule is O=C(O)c1ccc(S(=O)(=O)Cc2ccc([N+](=O)[O-])cc2)cc1. The van der Waals surface area contributed by atoms with Crippen molar-refractivity contribution in [3.63, 3.8) is 0 Å². The molecule has 0 amide bonds. The maximum atomic E-state index is 12.2. The molecule has 7 nitrogen and oxygen atoms in total. The van der Waals surface area contributed by atoms with E-state index >= 15 is 0 Å². The number of rotatable bonds is 5. The zero-order valence-corrected chi connectivity index (χ0v) is 12.0. The summed E-state index contributed by atoms with van der Waals surface area (Å²) in [6.45, 7) is 0. The lowest BCUT2D eigenvalue weighted by Gasteiger charge is -2.05. The molecule has 0 aromatic heterocycles. The minimum atomic E-state index is -3.65. The highest BCUT2D eigenvalue weighted by Gasteiger charge is 2.16. The Labute approximate surface area is 125 Å². The first-order chi connectivity index (χ1) is 10.3. The van der Waals surface area contributed by atoms with Gasteiger partial charge in [0.15, 0.2) is 9.84 Å². The fourth-order valence-electron chi connectivity index (χ4n) is 1.82. The highest BCUT2D eigenvalue weighted by molar-refractivity contribution is 7.90. The third-order valence-electron chi connectivity index (χ3n) is 2.96. The number of sulfone groups is 1. The van der Waals surface area contributed by atoms with Crippen LogP contribution in [0.25, 0.3) is 0 Å². The molecular formula is C14H11NO6S. The van der Waals surface area contributed by atoms with Crippen LogP contribution in [-0.4, -0.2) is 24.4 Å². The van der Waals surface area contributed by atoms with Crippen LogP contribution < -0.4 is 0 Å². The van der Waals surface area contributed by atoms with E-state index < -0.39 is 20.7 Å². The maximum absolute atomic E-state index is 12.2. The summed E-state index contributed by atoms with van der Waals surface area (Å²) >= 11 is 0. The van der Waals surface area contributed by atoms with Crippen LogP contribution in [0.1, 0.15) is 15.9 Å². The third-order valence-corrected chi connectivity index (χ3v) is 4.67. The molecule has 0 bridgehead atoms. The fourth-order valence-corrected chi connectivity index (χ4v) is 3.17. The molecule has 2 aromatic carbocycles. The van der Waals surface area contributed by atoms with Gasteiger partial charge in [0.1, 0.15) is 0 Å². The predicted molar refractivity (Wildman–Crippen MR) is 77.4 cm³/mol. The Balaban J connectivity index is 2.23. The van der Waals surface area contributed by atoms with E-state index in [9.17, 15) is 23.3 Å². The first-order valence-electron chi connectivity index (χ1n) is 6.09. The monoisotopic (exact) mass is 321 g/mol. The Kier molecular flexibility index (Phi) is 4.22. The van der Waals surface area contributed by atoms with Gasteiger partial charge in [-0.05, 0) is 29.8 Å². The van der Waals surface area contributed by atoms with E-state index in [1.165, 1.54) is 48.5 Å². The lowest BCUT2D eigenvalue weighted by molar-refractivity contribution is -0.384. The molecule has 0 atom stereocenters. The van der Waals surface area contributed by atoms with E-state index in [4.69, 9.17) is 5.11 Å². The number of benzene rings is 2. The van der Waals surface area contributed by atoms with E-state index in [-0.39, 0.29) is 21.9 Å². The fraction of sp³-hybridized carbons (Fsp3) is 0.0714. The number of nitro groups is 1. The summed E-state index contributed by atoms with van der Waals surface area (Å²) < 4.78 is 24.4. The Morgan fingerprint density at radius 2 is 1.59 bits per heavy atom. The zero-order valence-electron chi connectivity index (χ0n) is 11.2. The van der Waals surface area contributed by atoms with Crippen LogP contribution in [0.5, 0.6) is 0 Å². The molecular weight excluding hydrogens is 310 g/mol. The molecule has 22 heavy (non-hydrogen) atoms. The molecule has 0 radical (unpaired) electrons. The van der Waals surface area contributed by atoms with Gasteiger partial charge in [0.25, 0.3) is 5.69 Å². The maximum Gasteiger partial charge on any atom is 0.335 e. The topological polar surface area (TPSA) is 115 Å². The van der Waals surface area contributed by atoms with Crippen molar-refractivity contribution in [3.8, 4) is 0 Å². The second-order valence-electron chi connectivity index (χ2n) is 4.51. The number of non-ortho nitro benzene ring substituents is 1. The van der Waals surface area contributed by atoms with Gasteiger partial charge in [-0.1, -0.05) is 12.1 Å². The average molecular weight is 321 g/mol. The molecule has 1 N–H and O–H groups in total. The van der Waals surface area contributed by atoms with E-state index in [2.05, 4.69) is 0 Å². The van der Waals surface area contributed by atoms with Gasteiger partial charge in [0.2, 0.25) is 0 Å². The van der Waals surface area contributed by atoms with E-state index in [1.807, 2.05) is 0 Å². The summed E-state index contributed by atoms with van der Waals surface area (Å²) in [5.74, 6) is -1.46. The second kappa shape index (κ2) is 5.94. The Morgan fingerprint density at radius 1 is 1.05 bits per heavy atom. The van der Waals surface area contributed by atoms with Gasteiger partial charge in [0.05, 0.1) is 21.1 Å². The van der Waals surface area contributed by atoms with Crippen molar-refractivity contribution in [2.75, 3.05) is 0 Å².